The first-order valence-electron chi connectivity index (χ1n) is 7.37. The van der Waals surface area contributed by atoms with Gasteiger partial charge in [-0.3, -0.25) is 0 Å². The molecule has 2 rings (SSSR count). The van der Waals surface area contributed by atoms with Crippen LogP contribution in [-0.2, 0) is 0 Å². The maximum atomic E-state index is 9.00. The minimum Gasteiger partial charge on any atom is -0.372 e. The number of nitrogens with zero attached hydrogens (tertiary/aromatic N) is 2. The average molecular weight is 256 g/mol. The molecule has 1 aliphatic rings. The summed E-state index contributed by atoms with van der Waals surface area (Å²) in [6.07, 6.45) is 3.92. The molecule has 0 amide bonds. The summed E-state index contributed by atoms with van der Waals surface area (Å²) in [6.45, 7) is 9.00. The van der Waals surface area contributed by atoms with Gasteiger partial charge in [0.05, 0.1) is 11.6 Å². The second kappa shape index (κ2) is 6.10. The van der Waals surface area contributed by atoms with Crippen LogP contribution in [0.5, 0.6) is 0 Å². The Bertz CT molecular complexity index is 471. The minimum absolute atomic E-state index is 0.790. The third kappa shape index (κ3) is 3.29. The van der Waals surface area contributed by atoms with Crippen molar-refractivity contribution in [3.05, 3.63) is 29.3 Å². The molecule has 2 nitrogen and oxygen atoms in total. The Morgan fingerprint density at radius 3 is 2.68 bits per heavy atom. The Hall–Kier alpha value is -1.49. The topological polar surface area (TPSA) is 27.0 Å². The summed E-state index contributed by atoms with van der Waals surface area (Å²) in [6, 6.07) is 8.45. The van der Waals surface area contributed by atoms with Gasteiger partial charge in [-0.25, -0.2) is 0 Å². The van der Waals surface area contributed by atoms with Crippen molar-refractivity contribution in [2.45, 2.75) is 40.0 Å². The number of aryl methyl sites for hydroxylation is 1. The summed E-state index contributed by atoms with van der Waals surface area (Å²) in [4.78, 5) is 2.48. The first-order chi connectivity index (χ1) is 9.11. The molecule has 0 radical (unpaired) electrons. The van der Waals surface area contributed by atoms with Crippen LogP contribution >= 0.6 is 0 Å². The normalized spacial score (nSPS) is 20.2. The SMILES string of the molecule is Cc1cc(N2CCCC(C(C)C)CC2)ccc1C#N. The van der Waals surface area contributed by atoms with Gasteiger partial charge >= 0.3 is 0 Å². The van der Waals surface area contributed by atoms with Crippen molar-refractivity contribution in [1.82, 2.24) is 0 Å². The summed E-state index contributed by atoms with van der Waals surface area (Å²) < 4.78 is 0. The van der Waals surface area contributed by atoms with Crippen molar-refractivity contribution in [3.63, 3.8) is 0 Å². The molecule has 1 fully saturated rings. The van der Waals surface area contributed by atoms with Crippen LogP contribution in [-0.4, -0.2) is 13.1 Å². The van der Waals surface area contributed by atoms with Crippen LogP contribution in [0.1, 0.15) is 44.2 Å². The van der Waals surface area contributed by atoms with E-state index < -0.39 is 0 Å². The molecule has 0 aliphatic carbocycles. The molecule has 0 aromatic heterocycles. The quantitative estimate of drug-likeness (QED) is 0.795. The molecule has 19 heavy (non-hydrogen) atoms. The molecular formula is C17H24N2. The zero-order valence-electron chi connectivity index (χ0n) is 12.3. The molecule has 1 aromatic carbocycles. The number of anilines is 1. The zero-order chi connectivity index (χ0) is 13.8. The van der Waals surface area contributed by atoms with Gasteiger partial charge in [0.2, 0.25) is 0 Å². The van der Waals surface area contributed by atoms with Gasteiger partial charge in [-0.05, 0) is 61.8 Å². The van der Waals surface area contributed by atoms with Gasteiger partial charge in [0.25, 0.3) is 0 Å². The lowest BCUT2D eigenvalue weighted by Crippen LogP contribution is -2.24. The highest BCUT2D eigenvalue weighted by Gasteiger charge is 2.19. The van der Waals surface area contributed by atoms with E-state index in [4.69, 9.17) is 5.26 Å². The first-order valence-corrected chi connectivity index (χ1v) is 7.37. The van der Waals surface area contributed by atoms with E-state index in [0.717, 1.165) is 36.1 Å². The highest BCUT2D eigenvalue weighted by Crippen LogP contribution is 2.28. The molecule has 2 heteroatoms. The van der Waals surface area contributed by atoms with E-state index in [2.05, 4.69) is 36.9 Å². The highest BCUT2D eigenvalue weighted by atomic mass is 15.1. The monoisotopic (exact) mass is 256 g/mol. The maximum Gasteiger partial charge on any atom is 0.0994 e. The second-order valence-corrected chi connectivity index (χ2v) is 6.03. The summed E-state index contributed by atoms with van der Waals surface area (Å²) in [5.74, 6) is 1.66. The van der Waals surface area contributed by atoms with Crippen molar-refractivity contribution in [2.75, 3.05) is 18.0 Å². The summed E-state index contributed by atoms with van der Waals surface area (Å²) in [7, 11) is 0. The molecular weight excluding hydrogens is 232 g/mol. The molecule has 1 heterocycles. The molecule has 1 saturated heterocycles. The first kappa shape index (κ1) is 13.9. The standard InChI is InChI=1S/C17H24N2/c1-13(2)15-5-4-9-19(10-8-15)17-7-6-16(12-18)14(3)11-17/h6-7,11,13,15H,4-5,8-10H2,1-3H3. The smallest absolute Gasteiger partial charge is 0.0994 e. The Kier molecular flexibility index (Phi) is 4.47. The van der Waals surface area contributed by atoms with Crippen LogP contribution in [0.3, 0.4) is 0 Å². The van der Waals surface area contributed by atoms with E-state index in [1.54, 1.807) is 0 Å². The molecule has 1 aliphatic heterocycles. The van der Waals surface area contributed by atoms with Crippen LogP contribution < -0.4 is 4.90 Å². The highest BCUT2D eigenvalue weighted by molar-refractivity contribution is 5.53. The van der Waals surface area contributed by atoms with Gasteiger partial charge < -0.3 is 4.90 Å². The van der Waals surface area contributed by atoms with Crippen molar-refractivity contribution >= 4 is 5.69 Å². The average Bonchev–Trinajstić information content (AvgIpc) is 2.64. The third-order valence-corrected chi connectivity index (χ3v) is 4.41. The van der Waals surface area contributed by atoms with E-state index >= 15 is 0 Å². The third-order valence-electron chi connectivity index (χ3n) is 4.41. The number of hydrogen-bond acceptors (Lipinski definition) is 2. The van der Waals surface area contributed by atoms with E-state index in [1.165, 1.54) is 24.9 Å². The van der Waals surface area contributed by atoms with Crippen molar-refractivity contribution in [3.8, 4) is 6.07 Å². The van der Waals surface area contributed by atoms with Gasteiger partial charge in [0.1, 0.15) is 0 Å². The summed E-state index contributed by atoms with van der Waals surface area (Å²) in [5, 5.41) is 9.00. The van der Waals surface area contributed by atoms with Gasteiger partial charge in [0.15, 0.2) is 0 Å². The van der Waals surface area contributed by atoms with Crippen molar-refractivity contribution in [1.29, 1.82) is 5.26 Å². The maximum absolute atomic E-state index is 9.00. The van der Waals surface area contributed by atoms with Crippen LogP contribution in [0.25, 0.3) is 0 Å². The van der Waals surface area contributed by atoms with E-state index in [1.807, 2.05) is 13.0 Å². The fraction of sp³-hybridized carbons (Fsp3) is 0.588. The van der Waals surface area contributed by atoms with Crippen LogP contribution in [0, 0.1) is 30.1 Å². The summed E-state index contributed by atoms with van der Waals surface area (Å²) in [5.41, 5.74) is 3.16. The molecule has 102 valence electrons. The number of benzene rings is 1. The molecule has 0 N–H and O–H groups in total. The van der Waals surface area contributed by atoms with Gasteiger partial charge in [-0.1, -0.05) is 13.8 Å². The number of rotatable bonds is 2. The Morgan fingerprint density at radius 1 is 1.26 bits per heavy atom. The predicted octanol–water partition coefficient (Wildman–Crippen LogP) is 4.13. The second-order valence-electron chi connectivity index (χ2n) is 6.03. The lowest BCUT2D eigenvalue weighted by molar-refractivity contribution is 0.351. The minimum atomic E-state index is 0.790. The van der Waals surface area contributed by atoms with E-state index in [9.17, 15) is 0 Å². The predicted molar refractivity (Wildman–Crippen MR) is 80.3 cm³/mol. The van der Waals surface area contributed by atoms with Gasteiger partial charge in [-0.15, -0.1) is 0 Å². The van der Waals surface area contributed by atoms with Crippen LogP contribution in [0.15, 0.2) is 18.2 Å². The molecule has 1 aromatic rings. The fourth-order valence-corrected chi connectivity index (χ4v) is 3.02. The lowest BCUT2D eigenvalue weighted by atomic mass is 9.89. The Balaban J connectivity index is 2.10. The molecule has 0 spiro atoms. The summed E-state index contributed by atoms with van der Waals surface area (Å²) >= 11 is 0. The van der Waals surface area contributed by atoms with E-state index in [0.29, 0.717) is 0 Å². The fourth-order valence-electron chi connectivity index (χ4n) is 3.02. The molecule has 0 bridgehead atoms. The van der Waals surface area contributed by atoms with Crippen molar-refractivity contribution in [2.24, 2.45) is 11.8 Å². The molecule has 1 atom stereocenters. The van der Waals surface area contributed by atoms with Crippen LogP contribution in [0.2, 0.25) is 0 Å². The van der Waals surface area contributed by atoms with Crippen molar-refractivity contribution < 1.29 is 0 Å². The number of nitriles is 1. The molecule has 0 saturated carbocycles. The number of hydrogen-bond donors (Lipinski definition) is 0. The zero-order valence-corrected chi connectivity index (χ0v) is 12.3. The largest absolute Gasteiger partial charge is 0.372 e. The Labute approximate surface area is 117 Å². The van der Waals surface area contributed by atoms with E-state index in [-0.39, 0.29) is 0 Å². The molecule has 1 unspecified atom stereocenters. The lowest BCUT2D eigenvalue weighted by Gasteiger charge is -2.24. The van der Waals surface area contributed by atoms with Gasteiger partial charge in [0, 0.05) is 18.8 Å². The van der Waals surface area contributed by atoms with Gasteiger partial charge in [-0.2, -0.15) is 5.26 Å². The Morgan fingerprint density at radius 2 is 2.05 bits per heavy atom. The van der Waals surface area contributed by atoms with Crippen LogP contribution in [0.4, 0.5) is 5.69 Å².